The summed E-state index contributed by atoms with van der Waals surface area (Å²) in [5.41, 5.74) is 2.78. The van der Waals surface area contributed by atoms with Crippen LogP contribution in [0.4, 0.5) is 0 Å². The Hall–Kier alpha value is -2.49. The molecule has 0 radical (unpaired) electrons. The van der Waals surface area contributed by atoms with Crippen LogP contribution in [-0.4, -0.2) is 20.1 Å². The Morgan fingerprint density at radius 2 is 1.64 bits per heavy atom. The summed E-state index contributed by atoms with van der Waals surface area (Å²) in [6.45, 7) is 8.39. The quantitative estimate of drug-likeness (QED) is 0.871. The van der Waals surface area contributed by atoms with Crippen molar-refractivity contribution in [2.24, 2.45) is 0 Å². The molecule has 1 N–H and O–H groups in total. The van der Waals surface area contributed by atoms with Crippen LogP contribution in [-0.2, 0) is 5.41 Å². The standard InChI is InChI=1S/C21H27NO3/c1-14(18-13-17(24-5)11-12-19(18)25-6)22-20(23)15-7-9-16(10-8-15)21(2,3)4/h7-14H,1-6H3,(H,22,23)/t14-/m0/s1. The molecule has 2 rings (SSSR count). The summed E-state index contributed by atoms with van der Waals surface area (Å²) in [7, 11) is 3.23. The first-order valence-electron chi connectivity index (χ1n) is 8.39. The molecule has 134 valence electrons. The van der Waals surface area contributed by atoms with Gasteiger partial charge in [0.1, 0.15) is 11.5 Å². The predicted molar refractivity (Wildman–Crippen MR) is 101 cm³/mol. The zero-order chi connectivity index (χ0) is 18.6. The number of hydrogen-bond donors (Lipinski definition) is 1. The van der Waals surface area contributed by atoms with Crippen LogP contribution in [0.5, 0.6) is 11.5 Å². The van der Waals surface area contributed by atoms with Gasteiger partial charge in [-0.05, 0) is 48.2 Å². The highest BCUT2D eigenvalue weighted by Crippen LogP contribution is 2.29. The Morgan fingerprint density at radius 1 is 1.00 bits per heavy atom. The molecule has 0 heterocycles. The fraction of sp³-hybridized carbons (Fsp3) is 0.381. The Bertz CT molecular complexity index is 730. The highest BCUT2D eigenvalue weighted by Gasteiger charge is 2.18. The van der Waals surface area contributed by atoms with Gasteiger partial charge in [0.15, 0.2) is 0 Å². The van der Waals surface area contributed by atoms with Crippen LogP contribution < -0.4 is 14.8 Å². The molecule has 0 saturated carbocycles. The first-order valence-corrected chi connectivity index (χ1v) is 8.39. The van der Waals surface area contributed by atoms with Gasteiger partial charge in [-0.15, -0.1) is 0 Å². The van der Waals surface area contributed by atoms with E-state index in [0.29, 0.717) is 5.56 Å². The minimum atomic E-state index is -0.208. The molecule has 0 spiro atoms. The predicted octanol–water partition coefficient (Wildman–Crippen LogP) is 4.49. The average molecular weight is 341 g/mol. The van der Waals surface area contributed by atoms with Crippen molar-refractivity contribution in [3.8, 4) is 11.5 Å². The molecule has 4 heteroatoms. The van der Waals surface area contributed by atoms with E-state index in [-0.39, 0.29) is 17.4 Å². The summed E-state index contributed by atoms with van der Waals surface area (Å²) in [6.07, 6.45) is 0. The molecule has 4 nitrogen and oxygen atoms in total. The van der Waals surface area contributed by atoms with Crippen LogP contribution in [0, 0.1) is 0 Å². The number of benzene rings is 2. The first-order chi connectivity index (χ1) is 11.8. The second kappa shape index (κ2) is 7.60. The van der Waals surface area contributed by atoms with Crippen molar-refractivity contribution < 1.29 is 14.3 Å². The average Bonchev–Trinajstić information content (AvgIpc) is 2.60. The summed E-state index contributed by atoms with van der Waals surface area (Å²) in [4.78, 5) is 12.6. The summed E-state index contributed by atoms with van der Waals surface area (Å²) >= 11 is 0. The van der Waals surface area contributed by atoms with Gasteiger partial charge in [-0.2, -0.15) is 0 Å². The molecule has 0 aliphatic heterocycles. The van der Waals surface area contributed by atoms with Crippen molar-refractivity contribution in [3.05, 3.63) is 59.2 Å². The van der Waals surface area contributed by atoms with E-state index in [1.165, 1.54) is 5.56 Å². The van der Waals surface area contributed by atoms with Gasteiger partial charge in [-0.1, -0.05) is 32.9 Å². The van der Waals surface area contributed by atoms with Crippen molar-refractivity contribution in [2.45, 2.75) is 39.2 Å². The van der Waals surface area contributed by atoms with Crippen molar-refractivity contribution in [3.63, 3.8) is 0 Å². The lowest BCUT2D eigenvalue weighted by atomic mass is 9.86. The molecule has 0 bridgehead atoms. The number of carbonyl (C=O) groups is 1. The third kappa shape index (κ3) is 4.53. The van der Waals surface area contributed by atoms with Gasteiger partial charge >= 0.3 is 0 Å². The van der Waals surface area contributed by atoms with Gasteiger partial charge in [-0.3, -0.25) is 4.79 Å². The topological polar surface area (TPSA) is 47.6 Å². The fourth-order valence-electron chi connectivity index (χ4n) is 2.66. The largest absolute Gasteiger partial charge is 0.497 e. The van der Waals surface area contributed by atoms with Crippen molar-refractivity contribution in [1.29, 1.82) is 0 Å². The van der Waals surface area contributed by atoms with Gasteiger partial charge in [0.25, 0.3) is 5.91 Å². The molecule has 0 aliphatic carbocycles. The maximum Gasteiger partial charge on any atom is 0.251 e. The second-order valence-corrected chi connectivity index (χ2v) is 7.13. The third-order valence-electron chi connectivity index (χ3n) is 4.26. The molecular weight excluding hydrogens is 314 g/mol. The van der Waals surface area contributed by atoms with Gasteiger partial charge in [0.05, 0.1) is 20.3 Å². The lowest BCUT2D eigenvalue weighted by Gasteiger charge is -2.20. The van der Waals surface area contributed by atoms with E-state index in [4.69, 9.17) is 9.47 Å². The Labute approximate surface area is 150 Å². The number of rotatable bonds is 5. The highest BCUT2D eigenvalue weighted by atomic mass is 16.5. The zero-order valence-corrected chi connectivity index (χ0v) is 15.8. The van der Waals surface area contributed by atoms with Crippen molar-refractivity contribution in [2.75, 3.05) is 14.2 Å². The molecule has 0 saturated heterocycles. The summed E-state index contributed by atoms with van der Waals surface area (Å²) in [5, 5.41) is 3.02. The lowest BCUT2D eigenvalue weighted by Crippen LogP contribution is -2.27. The van der Waals surface area contributed by atoms with E-state index < -0.39 is 0 Å². The number of amides is 1. The van der Waals surface area contributed by atoms with Gasteiger partial charge in [0.2, 0.25) is 0 Å². The van der Waals surface area contributed by atoms with Crippen LogP contribution in [0.2, 0.25) is 0 Å². The Morgan fingerprint density at radius 3 is 2.16 bits per heavy atom. The minimum Gasteiger partial charge on any atom is -0.497 e. The zero-order valence-electron chi connectivity index (χ0n) is 15.8. The monoisotopic (exact) mass is 341 g/mol. The highest BCUT2D eigenvalue weighted by molar-refractivity contribution is 5.94. The summed E-state index contributed by atoms with van der Waals surface area (Å²) in [5.74, 6) is 1.33. The molecule has 2 aromatic rings. The normalized spacial score (nSPS) is 12.4. The van der Waals surface area contributed by atoms with Crippen LogP contribution in [0.25, 0.3) is 0 Å². The van der Waals surface area contributed by atoms with Crippen molar-refractivity contribution in [1.82, 2.24) is 5.32 Å². The minimum absolute atomic E-state index is 0.0657. The van der Waals surface area contributed by atoms with Crippen LogP contribution in [0.15, 0.2) is 42.5 Å². The molecule has 0 aromatic heterocycles. The smallest absolute Gasteiger partial charge is 0.251 e. The second-order valence-electron chi connectivity index (χ2n) is 7.13. The molecule has 0 fully saturated rings. The maximum atomic E-state index is 12.6. The summed E-state index contributed by atoms with van der Waals surface area (Å²) < 4.78 is 10.7. The van der Waals surface area contributed by atoms with E-state index in [1.54, 1.807) is 14.2 Å². The molecule has 0 unspecified atom stereocenters. The molecular formula is C21H27NO3. The van der Waals surface area contributed by atoms with Crippen LogP contribution >= 0.6 is 0 Å². The van der Waals surface area contributed by atoms with E-state index in [2.05, 4.69) is 26.1 Å². The van der Waals surface area contributed by atoms with Gasteiger partial charge in [0, 0.05) is 11.1 Å². The Kier molecular flexibility index (Phi) is 5.73. The lowest BCUT2D eigenvalue weighted by molar-refractivity contribution is 0.0939. The van der Waals surface area contributed by atoms with Crippen molar-refractivity contribution >= 4 is 5.91 Å². The Balaban J connectivity index is 2.17. The third-order valence-corrected chi connectivity index (χ3v) is 4.26. The number of carbonyl (C=O) groups excluding carboxylic acids is 1. The number of methoxy groups -OCH3 is 2. The van der Waals surface area contributed by atoms with Crippen LogP contribution in [0.3, 0.4) is 0 Å². The SMILES string of the molecule is COc1ccc(OC)c([C@H](C)NC(=O)c2ccc(C(C)(C)C)cc2)c1. The number of nitrogens with one attached hydrogen (secondary N) is 1. The molecule has 1 atom stereocenters. The van der Waals surface area contributed by atoms with E-state index >= 15 is 0 Å². The molecule has 0 aliphatic rings. The van der Waals surface area contributed by atoms with Gasteiger partial charge in [-0.25, -0.2) is 0 Å². The van der Waals surface area contributed by atoms with Crippen LogP contribution in [0.1, 0.15) is 55.2 Å². The number of hydrogen-bond acceptors (Lipinski definition) is 3. The van der Waals surface area contributed by atoms with E-state index in [9.17, 15) is 4.79 Å². The number of ether oxygens (including phenoxy) is 2. The maximum absolute atomic E-state index is 12.6. The first kappa shape index (κ1) is 18.8. The molecule has 25 heavy (non-hydrogen) atoms. The summed E-state index contributed by atoms with van der Waals surface area (Å²) in [6, 6.07) is 13.1. The molecule has 1 amide bonds. The fourth-order valence-corrected chi connectivity index (χ4v) is 2.66. The van der Waals surface area contributed by atoms with E-state index in [0.717, 1.165) is 17.1 Å². The van der Waals surface area contributed by atoms with E-state index in [1.807, 2.05) is 49.4 Å². The van der Waals surface area contributed by atoms with Gasteiger partial charge < -0.3 is 14.8 Å². The molecule has 2 aromatic carbocycles.